The normalized spacial score (nSPS) is 12.3. The lowest BCUT2D eigenvalue weighted by Crippen LogP contribution is -2.29. The van der Waals surface area contributed by atoms with E-state index in [1.807, 2.05) is 31.2 Å². The van der Waals surface area contributed by atoms with Crippen molar-refractivity contribution in [2.24, 2.45) is 5.73 Å². The van der Waals surface area contributed by atoms with Gasteiger partial charge in [0.15, 0.2) is 5.76 Å². The number of para-hydroxylation sites is 1. The summed E-state index contributed by atoms with van der Waals surface area (Å²) in [6, 6.07) is 14.1. The molecule has 136 valence electrons. The number of amides is 1. The first kappa shape index (κ1) is 18.5. The minimum atomic E-state index is -0.272. The van der Waals surface area contributed by atoms with Gasteiger partial charge < -0.3 is 15.5 Å². The van der Waals surface area contributed by atoms with Gasteiger partial charge >= 0.3 is 0 Å². The van der Waals surface area contributed by atoms with Crippen LogP contribution in [0.2, 0.25) is 0 Å². The van der Waals surface area contributed by atoms with E-state index >= 15 is 0 Å². The molecule has 3 rings (SSSR count). The van der Waals surface area contributed by atoms with E-state index in [0.717, 1.165) is 10.9 Å². The monoisotopic (exact) mass is 372 g/mol. The minimum absolute atomic E-state index is 0.0158. The zero-order valence-electron chi connectivity index (χ0n) is 14.5. The fraction of sp³-hybridized carbons (Fsp3) is 0.250. The van der Waals surface area contributed by atoms with Gasteiger partial charge in [-0.15, -0.1) is 11.8 Å². The molecule has 0 aliphatic carbocycles. The molecular weight excluding hydrogens is 351 g/mol. The summed E-state index contributed by atoms with van der Waals surface area (Å²) in [4.78, 5) is 13.1. The van der Waals surface area contributed by atoms with E-state index in [9.17, 15) is 9.18 Å². The number of rotatable bonds is 7. The molecule has 3 aromatic rings. The van der Waals surface area contributed by atoms with Crippen molar-refractivity contribution >= 4 is 28.6 Å². The Balaban J connectivity index is 1.85. The van der Waals surface area contributed by atoms with E-state index < -0.39 is 0 Å². The fourth-order valence-corrected chi connectivity index (χ4v) is 3.60. The Labute approximate surface area is 155 Å². The number of hydrogen-bond donors (Lipinski definition) is 2. The van der Waals surface area contributed by atoms with Crippen LogP contribution < -0.4 is 11.1 Å². The molecule has 2 aromatic carbocycles. The number of carbonyl (C=O) groups is 1. The molecular formula is C20H21FN2O2S. The third-order valence-electron chi connectivity index (χ3n) is 4.00. The molecule has 0 aliphatic heterocycles. The van der Waals surface area contributed by atoms with Crippen LogP contribution in [-0.4, -0.2) is 18.5 Å². The molecule has 0 saturated carbocycles. The van der Waals surface area contributed by atoms with Crippen molar-refractivity contribution < 1.29 is 13.6 Å². The van der Waals surface area contributed by atoms with Gasteiger partial charge in [-0.05, 0) is 31.5 Å². The Morgan fingerprint density at radius 3 is 2.73 bits per heavy atom. The highest BCUT2D eigenvalue weighted by Crippen LogP contribution is 2.32. The smallest absolute Gasteiger partial charge is 0.287 e. The number of fused-ring (bicyclic) bond motifs is 1. The fourth-order valence-electron chi connectivity index (χ4n) is 2.63. The summed E-state index contributed by atoms with van der Waals surface area (Å²) in [5.74, 6) is 0.174. The van der Waals surface area contributed by atoms with Crippen molar-refractivity contribution in [1.29, 1.82) is 0 Å². The summed E-state index contributed by atoms with van der Waals surface area (Å²) >= 11 is 1.34. The maximum Gasteiger partial charge on any atom is 0.287 e. The molecule has 26 heavy (non-hydrogen) atoms. The van der Waals surface area contributed by atoms with Crippen LogP contribution in [0.5, 0.6) is 0 Å². The summed E-state index contributed by atoms with van der Waals surface area (Å²) in [7, 11) is 0. The average molecular weight is 372 g/mol. The molecule has 1 aromatic heterocycles. The van der Waals surface area contributed by atoms with Gasteiger partial charge in [0.25, 0.3) is 5.91 Å². The van der Waals surface area contributed by atoms with Crippen LogP contribution in [-0.2, 0) is 5.75 Å². The summed E-state index contributed by atoms with van der Waals surface area (Å²) < 4.78 is 19.7. The molecule has 1 unspecified atom stereocenters. The topological polar surface area (TPSA) is 68.3 Å². The van der Waals surface area contributed by atoms with Crippen molar-refractivity contribution in [3.8, 4) is 0 Å². The summed E-state index contributed by atoms with van der Waals surface area (Å²) in [6.07, 6.45) is 0.686. The zero-order valence-corrected chi connectivity index (χ0v) is 15.3. The molecule has 4 nitrogen and oxygen atoms in total. The second-order valence-corrected chi connectivity index (χ2v) is 7.16. The second-order valence-electron chi connectivity index (χ2n) is 6.15. The lowest BCUT2D eigenvalue weighted by molar-refractivity contribution is 0.0926. The van der Waals surface area contributed by atoms with Gasteiger partial charge in [-0.25, -0.2) is 4.39 Å². The lowest BCUT2D eigenvalue weighted by Gasteiger charge is -2.07. The Morgan fingerprint density at radius 2 is 1.96 bits per heavy atom. The van der Waals surface area contributed by atoms with Gasteiger partial charge in [-0.1, -0.05) is 30.3 Å². The number of thioether (sulfide) groups is 1. The number of nitrogens with two attached hydrogens (primary N) is 1. The number of hydrogen-bond acceptors (Lipinski definition) is 4. The van der Waals surface area contributed by atoms with Gasteiger partial charge in [0, 0.05) is 34.2 Å². The third-order valence-corrected chi connectivity index (χ3v) is 5.07. The van der Waals surface area contributed by atoms with Crippen LogP contribution in [0.1, 0.15) is 29.5 Å². The van der Waals surface area contributed by atoms with Gasteiger partial charge in [-0.3, -0.25) is 4.79 Å². The van der Waals surface area contributed by atoms with Gasteiger partial charge in [0.1, 0.15) is 11.4 Å². The molecule has 0 fully saturated rings. The van der Waals surface area contributed by atoms with E-state index in [1.54, 1.807) is 18.2 Å². The molecule has 0 radical (unpaired) electrons. The van der Waals surface area contributed by atoms with Crippen LogP contribution in [0.25, 0.3) is 11.0 Å². The Bertz CT molecular complexity index is 908. The lowest BCUT2D eigenvalue weighted by atomic mass is 10.1. The van der Waals surface area contributed by atoms with Crippen molar-refractivity contribution in [3.63, 3.8) is 0 Å². The number of benzene rings is 2. The first-order valence-electron chi connectivity index (χ1n) is 8.47. The zero-order chi connectivity index (χ0) is 18.5. The largest absolute Gasteiger partial charge is 0.451 e. The highest BCUT2D eigenvalue weighted by molar-refractivity contribution is 7.98. The first-order chi connectivity index (χ1) is 12.6. The van der Waals surface area contributed by atoms with Crippen molar-refractivity contribution in [3.05, 3.63) is 65.7 Å². The Kier molecular flexibility index (Phi) is 5.96. The summed E-state index contributed by atoms with van der Waals surface area (Å²) in [5, 5.41) is 3.71. The van der Waals surface area contributed by atoms with Crippen LogP contribution in [0, 0.1) is 5.82 Å². The molecule has 1 atom stereocenters. The van der Waals surface area contributed by atoms with Crippen LogP contribution in [0.4, 0.5) is 4.39 Å². The molecule has 0 spiro atoms. The van der Waals surface area contributed by atoms with E-state index in [-0.39, 0.29) is 23.5 Å². The van der Waals surface area contributed by atoms with E-state index in [0.29, 0.717) is 29.2 Å². The van der Waals surface area contributed by atoms with Crippen LogP contribution in [0.15, 0.2) is 57.8 Å². The maximum atomic E-state index is 13.9. The Hall–Kier alpha value is -2.31. The molecule has 0 bridgehead atoms. The highest BCUT2D eigenvalue weighted by Gasteiger charge is 2.20. The van der Waals surface area contributed by atoms with Crippen LogP contribution >= 0.6 is 11.8 Å². The summed E-state index contributed by atoms with van der Waals surface area (Å²) in [6.45, 7) is 2.37. The average Bonchev–Trinajstić information content (AvgIpc) is 2.99. The van der Waals surface area contributed by atoms with Crippen molar-refractivity contribution in [2.45, 2.75) is 30.0 Å². The Morgan fingerprint density at radius 1 is 1.23 bits per heavy atom. The van der Waals surface area contributed by atoms with E-state index in [2.05, 4.69) is 5.32 Å². The molecule has 1 amide bonds. The SMILES string of the molecule is CC(N)CCNC(=O)c1oc2ccccc2c1CSc1ccccc1F. The first-order valence-corrected chi connectivity index (χ1v) is 9.46. The number of carbonyl (C=O) groups excluding carboxylic acids is 1. The molecule has 0 saturated heterocycles. The predicted octanol–water partition coefficient (Wildman–Crippen LogP) is 4.33. The van der Waals surface area contributed by atoms with E-state index in [1.165, 1.54) is 17.8 Å². The van der Waals surface area contributed by atoms with Gasteiger partial charge in [-0.2, -0.15) is 0 Å². The minimum Gasteiger partial charge on any atom is -0.451 e. The van der Waals surface area contributed by atoms with E-state index in [4.69, 9.17) is 10.2 Å². The summed E-state index contributed by atoms with van der Waals surface area (Å²) in [5.41, 5.74) is 7.14. The van der Waals surface area contributed by atoms with Crippen molar-refractivity contribution in [1.82, 2.24) is 5.32 Å². The molecule has 1 heterocycles. The predicted molar refractivity (Wildman–Crippen MR) is 103 cm³/mol. The van der Waals surface area contributed by atoms with Crippen molar-refractivity contribution in [2.75, 3.05) is 6.54 Å². The molecule has 3 N–H and O–H groups in total. The van der Waals surface area contributed by atoms with Crippen LogP contribution in [0.3, 0.4) is 0 Å². The second kappa shape index (κ2) is 8.38. The third kappa shape index (κ3) is 4.26. The number of halogens is 1. The quantitative estimate of drug-likeness (QED) is 0.606. The maximum absolute atomic E-state index is 13.9. The standard InChI is InChI=1S/C20H21FN2O2S/c1-13(22)10-11-23-20(24)19-15(14-6-2-4-8-17(14)25-19)12-26-18-9-5-3-7-16(18)21/h2-9,13H,10-12,22H2,1H3,(H,23,24). The van der Waals surface area contributed by atoms with Gasteiger partial charge in [0.05, 0.1) is 0 Å². The number of furan rings is 1. The molecule has 6 heteroatoms. The van der Waals surface area contributed by atoms with Gasteiger partial charge in [0.2, 0.25) is 0 Å². The number of nitrogens with one attached hydrogen (secondary N) is 1. The highest BCUT2D eigenvalue weighted by atomic mass is 32.2. The molecule has 0 aliphatic rings.